The predicted octanol–water partition coefficient (Wildman–Crippen LogP) is -0.126. The van der Waals surface area contributed by atoms with Gasteiger partial charge in [0.2, 0.25) is 5.91 Å². The lowest BCUT2D eigenvalue weighted by Crippen LogP contribution is -2.38. The molecule has 1 amide bonds. The number of nitrogens with two attached hydrogens (primary N) is 1. The maximum atomic E-state index is 10.9. The molecule has 0 fully saturated rings. The summed E-state index contributed by atoms with van der Waals surface area (Å²) >= 11 is 0. The number of nitrogens with one attached hydrogen (secondary N) is 1. The summed E-state index contributed by atoms with van der Waals surface area (Å²) in [7, 11) is 2.22. The van der Waals surface area contributed by atoms with E-state index in [0.717, 1.165) is 0 Å². The number of rotatable bonds is 4. The Balaban J connectivity index is 2.80. The van der Waals surface area contributed by atoms with Gasteiger partial charge in [0.15, 0.2) is 11.5 Å². The van der Waals surface area contributed by atoms with E-state index in [2.05, 4.69) is 14.5 Å². The highest BCUT2D eigenvalue weighted by molar-refractivity contribution is 7.13. The second-order valence-corrected chi connectivity index (χ2v) is 3.48. The van der Waals surface area contributed by atoms with Crippen molar-refractivity contribution in [1.82, 2.24) is 5.09 Å². The monoisotopic (exact) mass is 228 g/mol. The van der Waals surface area contributed by atoms with Gasteiger partial charge in [-0.15, -0.1) is 0 Å². The Morgan fingerprint density at radius 3 is 2.60 bits per heavy atom. The lowest BCUT2D eigenvalue weighted by atomic mass is 10.1. The van der Waals surface area contributed by atoms with E-state index in [1.54, 1.807) is 6.07 Å². The van der Waals surface area contributed by atoms with E-state index in [0.29, 0.717) is 12.0 Å². The van der Waals surface area contributed by atoms with Gasteiger partial charge >= 0.3 is 0 Å². The molecule has 1 aromatic carbocycles. The number of aromatic hydroxyl groups is 2. The first-order valence-corrected chi connectivity index (χ1v) is 4.88. The number of hydrogen-bond acceptors (Lipinski definition) is 4. The number of carbonyl (C=O) groups is 1. The molecule has 1 unspecified atom stereocenters. The van der Waals surface area contributed by atoms with E-state index in [1.807, 2.05) is 0 Å². The molecule has 6 heteroatoms. The molecule has 0 aromatic heterocycles. The van der Waals surface area contributed by atoms with Gasteiger partial charge in [-0.2, -0.15) is 0 Å². The largest absolute Gasteiger partial charge is 0.504 e. The van der Waals surface area contributed by atoms with Crippen molar-refractivity contribution < 1.29 is 15.0 Å². The molecule has 0 radical (unpaired) electrons. The molecule has 2 atom stereocenters. The standard InChI is InChI=1S/C9H13N2O3P/c10-9(14)6(11-15)3-5-1-2-7(12)8(13)4-5/h1-2,4,6,11-13H,3,15H2,(H2,10,14)/t6-/m0/s1. The predicted molar refractivity (Wildman–Crippen MR) is 59.3 cm³/mol. The minimum Gasteiger partial charge on any atom is -0.504 e. The van der Waals surface area contributed by atoms with Gasteiger partial charge in [-0.1, -0.05) is 15.5 Å². The fraction of sp³-hybridized carbons (Fsp3) is 0.222. The van der Waals surface area contributed by atoms with Crippen molar-refractivity contribution in [2.24, 2.45) is 5.73 Å². The van der Waals surface area contributed by atoms with Crippen LogP contribution < -0.4 is 10.8 Å². The lowest BCUT2D eigenvalue weighted by molar-refractivity contribution is -0.119. The highest BCUT2D eigenvalue weighted by Crippen LogP contribution is 2.25. The molecule has 5 N–H and O–H groups in total. The fourth-order valence-electron chi connectivity index (χ4n) is 1.17. The zero-order valence-corrected chi connectivity index (χ0v) is 9.13. The van der Waals surface area contributed by atoms with E-state index < -0.39 is 11.9 Å². The molecule has 0 aliphatic rings. The van der Waals surface area contributed by atoms with Gasteiger partial charge in [-0.3, -0.25) is 9.88 Å². The highest BCUT2D eigenvalue weighted by Gasteiger charge is 2.14. The molecule has 0 saturated heterocycles. The molecule has 15 heavy (non-hydrogen) atoms. The van der Waals surface area contributed by atoms with Crippen molar-refractivity contribution in [2.45, 2.75) is 12.5 Å². The first kappa shape index (κ1) is 11.8. The molecule has 1 rings (SSSR count). The van der Waals surface area contributed by atoms with Crippen LogP contribution >= 0.6 is 9.39 Å². The van der Waals surface area contributed by atoms with E-state index >= 15 is 0 Å². The van der Waals surface area contributed by atoms with E-state index in [9.17, 15) is 9.90 Å². The minimum absolute atomic E-state index is 0.187. The first-order chi connectivity index (χ1) is 7.04. The van der Waals surface area contributed by atoms with Crippen LogP contribution in [0.3, 0.4) is 0 Å². The fourth-order valence-corrected chi connectivity index (χ4v) is 1.46. The zero-order valence-electron chi connectivity index (χ0n) is 7.97. The van der Waals surface area contributed by atoms with Crippen LogP contribution in [0, 0.1) is 0 Å². The van der Waals surface area contributed by atoms with Crippen LogP contribution in [-0.4, -0.2) is 22.2 Å². The number of amides is 1. The van der Waals surface area contributed by atoms with Gasteiger partial charge < -0.3 is 15.9 Å². The Morgan fingerprint density at radius 2 is 2.13 bits per heavy atom. The molecule has 82 valence electrons. The van der Waals surface area contributed by atoms with Crippen molar-refractivity contribution in [3.05, 3.63) is 23.8 Å². The summed E-state index contributed by atoms with van der Waals surface area (Å²) in [6, 6.07) is 3.87. The molecule has 0 spiro atoms. The smallest absolute Gasteiger partial charge is 0.235 e. The van der Waals surface area contributed by atoms with Crippen molar-refractivity contribution in [3.8, 4) is 11.5 Å². The van der Waals surface area contributed by atoms with Gasteiger partial charge in [0.05, 0.1) is 6.04 Å². The molecule has 0 saturated carbocycles. The van der Waals surface area contributed by atoms with E-state index in [4.69, 9.17) is 10.8 Å². The van der Waals surface area contributed by atoms with Crippen LogP contribution in [0.1, 0.15) is 5.56 Å². The topological polar surface area (TPSA) is 95.6 Å². The van der Waals surface area contributed by atoms with E-state index in [-0.39, 0.29) is 11.5 Å². The third-order valence-corrected chi connectivity index (χ3v) is 2.43. The highest BCUT2D eigenvalue weighted by atomic mass is 31.0. The van der Waals surface area contributed by atoms with Gasteiger partial charge in [0.25, 0.3) is 0 Å². The summed E-state index contributed by atoms with van der Waals surface area (Å²) in [5.74, 6) is -0.870. The number of carbonyl (C=O) groups excluding carboxylic acids is 1. The van der Waals surface area contributed by atoms with Crippen molar-refractivity contribution in [1.29, 1.82) is 0 Å². The Kier molecular flexibility index (Phi) is 3.88. The number of hydrogen-bond donors (Lipinski definition) is 4. The second kappa shape index (κ2) is 4.96. The van der Waals surface area contributed by atoms with Crippen molar-refractivity contribution >= 4 is 15.3 Å². The van der Waals surface area contributed by atoms with Crippen molar-refractivity contribution in [3.63, 3.8) is 0 Å². The van der Waals surface area contributed by atoms with Gasteiger partial charge in [0, 0.05) is 0 Å². The number of primary amides is 1. The van der Waals surface area contributed by atoms with E-state index in [1.165, 1.54) is 12.1 Å². The summed E-state index contributed by atoms with van der Waals surface area (Å²) in [4.78, 5) is 10.9. The molecule has 1 aromatic rings. The molecule has 0 aliphatic heterocycles. The number of benzene rings is 1. The third-order valence-electron chi connectivity index (χ3n) is 2.02. The normalized spacial score (nSPS) is 12.3. The molecule has 0 bridgehead atoms. The summed E-state index contributed by atoms with van der Waals surface area (Å²) < 4.78 is 0. The molecule has 5 nitrogen and oxygen atoms in total. The number of phenolic OH excluding ortho intramolecular Hbond substituents is 2. The molecular formula is C9H13N2O3P. The zero-order chi connectivity index (χ0) is 11.4. The number of phenols is 2. The van der Waals surface area contributed by atoms with Crippen LogP contribution in [0.25, 0.3) is 0 Å². The van der Waals surface area contributed by atoms with Crippen LogP contribution in [0.2, 0.25) is 0 Å². The summed E-state index contributed by atoms with van der Waals surface area (Å²) in [5.41, 5.74) is 5.85. The average molecular weight is 228 g/mol. The Morgan fingerprint density at radius 1 is 1.47 bits per heavy atom. The quantitative estimate of drug-likeness (QED) is 0.426. The van der Waals surface area contributed by atoms with Crippen LogP contribution in [0.15, 0.2) is 18.2 Å². The van der Waals surface area contributed by atoms with Gasteiger partial charge in [-0.05, 0) is 24.1 Å². The third kappa shape index (κ3) is 3.08. The SMILES string of the molecule is NC(=O)[C@H](Cc1ccc(O)c(O)c1)NP. The maximum Gasteiger partial charge on any atom is 0.235 e. The van der Waals surface area contributed by atoms with Gasteiger partial charge in [0.1, 0.15) is 0 Å². The van der Waals surface area contributed by atoms with Crippen LogP contribution in [0.4, 0.5) is 0 Å². The van der Waals surface area contributed by atoms with Gasteiger partial charge in [-0.25, -0.2) is 0 Å². The minimum atomic E-state index is -0.515. The van der Waals surface area contributed by atoms with Crippen LogP contribution in [-0.2, 0) is 11.2 Å². The first-order valence-electron chi connectivity index (χ1n) is 4.31. The summed E-state index contributed by atoms with van der Waals surface area (Å²) in [5, 5.41) is 21.0. The summed E-state index contributed by atoms with van der Waals surface area (Å²) in [6.45, 7) is 0. The Hall–Kier alpha value is -1.32. The summed E-state index contributed by atoms with van der Waals surface area (Å²) in [6.07, 6.45) is 0.354. The second-order valence-electron chi connectivity index (χ2n) is 3.15. The maximum absolute atomic E-state index is 10.9. The molecular weight excluding hydrogens is 215 g/mol. The average Bonchev–Trinajstić information content (AvgIpc) is 2.19. The lowest BCUT2D eigenvalue weighted by Gasteiger charge is -2.12. The van der Waals surface area contributed by atoms with Crippen molar-refractivity contribution in [2.75, 3.05) is 0 Å². The Bertz CT molecular complexity index is 370. The van der Waals surface area contributed by atoms with Crippen LogP contribution in [0.5, 0.6) is 11.5 Å². The Labute approximate surface area is 89.6 Å². The molecule has 0 heterocycles. The molecule has 0 aliphatic carbocycles.